The van der Waals surface area contributed by atoms with E-state index in [2.05, 4.69) is 5.32 Å². The summed E-state index contributed by atoms with van der Waals surface area (Å²) in [7, 11) is 0. The van der Waals surface area contributed by atoms with Crippen LogP contribution in [0.1, 0.15) is 30.0 Å². The molecule has 0 aliphatic carbocycles. The van der Waals surface area contributed by atoms with Gasteiger partial charge in [0.1, 0.15) is 5.75 Å². The molecule has 0 saturated carbocycles. The van der Waals surface area contributed by atoms with Gasteiger partial charge in [-0.25, -0.2) is 0 Å². The van der Waals surface area contributed by atoms with Crippen molar-refractivity contribution in [2.45, 2.75) is 39.5 Å². The molecule has 1 unspecified atom stereocenters. The minimum absolute atomic E-state index is 0.293. The highest BCUT2D eigenvalue weighted by Gasteiger charge is 2.30. The van der Waals surface area contributed by atoms with Gasteiger partial charge in [0.25, 0.3) is 5.91 Å². The third-order valence-electron chi connectivity index (χ3n) is 3.97. The highest BCUT2D eigenvalue weighted by molar-refractivity contribution is 5.94. The molecule has 2 aromatic rings. The zero-order chi connectivity index (χ0) is 18.6. The number of carbonyl (C=O) groups excluding carboxylic acids is 1. The van der Waals surface area contributed by atoms with E-state index in [0.29, 0.717) is 17.9 Å². The third kappa shape index (κ3) is 4.75. The van der Waals surface area contributed by atoms with Gasteiger partial charge in [-0.1, -0.05) is 19.1 Å². The number of ether oxygens (including phenoxy) is 1. The zero-order valence-corrected chi connectivity index (χ0v) is 14.3. The second-order valence-electron chi connectivity index (χ2n) is 5.78. The third-order valence-corrected chi connectivity index (χ3v) is 3.97. The Morgan fingerprint density at radius 1 is 1.12 bits per heavy atom. The van der Waals surface area contributed by atoms with E-state index in [1.807, 2.05) is 32.9 Å². The lowest BCUT2D eigenvalue weighted by Crippen LogP contribution is -2.32. The second kappa shape index (κ2) is 7.59. The summed E-state index contributed by atoms with van der Waals surface area (Å²) in [5, 5.41) is 2.59. The second-order valence-corrected chi connectivity index (χ2v) is 5.78. The maximum Gasteiger partial charge on any atom is 0.416 e. The van der Waals surface area contributed by atoms with Gasteiger partial charge >= 0.3 is 6.18 Å². The molecule has 2 aromatic carbocycles. The van der Waals surface area contributed by atoms with E-state index in [0.717, 1.165) is 23.3 Å². The van der Waals surface area contributed by atoms with E-state index >= 15 is 0 Å². The summed E-state index contributed by atoms with van der Waals surface area (Å²) < 4.78 is 43.5. The summed E-state index contributed by atoms with van der Waals surface area (Å²) in [6, 6.07) is 9.90. The molecule has 1 N–H and O–H groups in total. The fraction of sp³-hybridized carbons (Fsp3) is 0.316. The highest BCUT2D eigenvalue weighted by atomic mass is 19.4. The van der Waals surface area contributed by atoms with Gasteiger partial charge in [0.2, 0.25) is 0 Å². The number of amides is 1. The molecule has 0 spiro atoms. The number of rotatable bonds is 5. The first-order chi connectivity index (χ1) is 11.7. The van der Waals surface area contributed by atoms with Crippen molar-refractivity contribution in [3.8, 4) is 5.75 Å². The van der Waals surface area contributed by atoms with E-state index in [9.17, 15) is 18.0 Å². The molecule has 25 heavy (non-hydrogen) atoms. The summed E-state index contributed by atoms with van der Waals surface area (Å²) in [6.07, 6.45) is -4.71. The number of anilines is 1. The molecule has 0 heterocycles. The number of aryl methyl sites for hydroxylation is 1. The molecular formula is C19H20F3NO2. The van der Waals surface area contributed by atoms with E-state index in [-0.39, 0.29) is 0 Å². The average molecular weight is 351 g/mol. The van der Waals surface area contributed by atoms with Crippen molar-refractivity contribution in [1.82, 2.24) is 0 Å². The number of alkyl halides is 3. The van der Waals surface area contributed by atoms with Crippen molar-refractivity contribution < 1.29 is 22.7 Å². The first kappa shape index (κ1) is 18.8. The van der Waals surface area contributed by atoms with Crippen LogP contribution in [0, 0.1) is 13.8 Å². The molecule has 2 rings (SSSR count). The Hall–Kier alpha value is -2.50. The average Bonchev–Trinajstić information content (AvgIpc) is 2.55. The Kier molecular flexibility index (Phi) is 5.72. The lowest BCUT2D eigenvalue weighted by Gasteiger charge is -2.19. The van der Waals surface area contributed by atoms with Crippen molar-refractivity contribution >= 4 is 11.6 Å². The maximum atomic E-state index is 12.6. The van der Waals surface area contributed by atoms with Gasteiger partial charge < -0.3 is 10.1 Å². The molecule has 134 valence electrons. The van der Waals surface area contributed by atoms with Crippen molar-refractivity contribution in [2.75, 3.05) is 5.32 Å². The van der Waals surface area contributed by atoms with E-state index < -0.39 is 23.8 Å². The van der Waals surface area contributed by atoms with Gasteiger partial charge in [-0.2, -0.15) is 13.2 Å². The maximum absolute atomic E-state index is 12.6. The van der Waals surface area contributed by atoms with Gasteiger partial charge in [0.05, 0.1) is 5.56 Å². The molecule has 6 heteroatoms. The molecular weight excluding hydrogens is 331 g/mol. The van der Waals surface area contributed by atoms with Crippen LogP contribution in [0.25, 0.3) is 0 Å². The fourth-order valence-corrected chi connectivity index (χ4v) is 2.29. The number of carbonyl (C=O) groups is 1. The van der Waals surface area contributed by atoms with Gasteiger partial charge in [-0.3, -0.25) is 4.79 Å². The molecule has 0 fully saturated rings. The SMILES string of the molecule is CCC(Oc1cccc(C)c1C)C(=O)Nc1ccc(C(F)(F)F)cc1. The zero-order valence-electron chi connectivity index (χ0n) is 14.3. The molecule has 1 amide bonds. The molecule has 0 aliphatic rings. The van der Waals surface area contributed by atoms with Crippen molar-refractivity contribution in [3.63, 3.8) is 0 Å². The topological polar surface area (TPSA) is 38.3 Å². The predicted molar refractivity (Wildman–Crippen MR) is 90.7 cm³/mol. The monoisotopic (exact) mass is 351 g/mol. The molecule has 0 bridgehead atoms. The molecule has 1 atom stereocenters. The molecule has 0 aliphatic heterocycles. The van der Waals surface area contributed by atoms with Gasteiger partial charge in [-0.15, -0.1) is 0 Å². The van der Waals surface area contributed by atoms with E-state index in [4.69, 9.17) is 4.74 Å². The standard InChI is InChI=1S/C19H20F3NO2/c1-4-16(25-17-7-5-6-12(2)13(17)3)18(24)23-15-10-8-14(9-11-15)19(20,21)22/h5-11,16H,4H2,1-3H3,(H,23,24). The van der Waals surface area contributed by atoms with Crippen LogP contribution in [-0.2, 0) is 11.0 Å². The van der Waals surface area contributed by atoms with Crippen LogP contribution < -0.4 is 10.1 Å². The lowest BCUT2D eigenvalue weighted by molar-refractivity contribution is -0.137. The number of benzene rings is 2. The summed E-state index contributed by atoms with van der Waals surface area (Å²) in [4.78, 5) is 12.4. The Balaban J connectivity index is 2.08. The summed E-state index contributed by atoms with van der Waals surface area (Å²) >= 11 is 0. The quantitative estimate of drug-likeness (QED) is 0.812. The van der Waals surface area contributed by atoms with Crippen molar-refractivity contribution in [1.29, 1.82) is 0 Å². The Bertz CT molecular complexity index is 739. The van der Waals surface area contributed by atoms with Crippen LogP contribution in [0.4, 0.5) is 18.9 Å². The highest BCUT2D eigenvalue weighted by Crippen LogP contribution is 2.30. The summed E-state index contributed by atoms with van der Waals surface area (Å²) in [5.74, 6) is 0.220. The van der Waals surface area contributed by atoms with Crippen LogP contribution >= 0.6 is 0 Å². The van der Waals surface area contributed by atoms with Crippen LogP contribution in [0.2, 0.25) is 0 Å². The minimum Gasteiger partial charge on any atom is -0.480 e. The molecule has 0 radical (unpaired) electrons. The van der Waals surface area contributed by atoms with Crippen LogP contribution in [0.5, 0.6) is 5.75 Å². The van der Waals surface area contributed by atoms with Gasteiger partial charge in [-0.05, 0) is 61.7 Å². The van der Waals surface area contributed by atoms with Gasteiger partial charge in [0.15, 0.2) is 6.10 Å². The smallest absolute Gasteiger partial charge is 0.416 e. The Morgan fingerprint density at radius 3 is 2.32 bits per heavy atom. The molecule has 0 saturated heterocycles. The predicted octanol–water partition coefficient (Wildman–Crippen LogP) is 5.12. The Labute approximate surface area is 144 Å². The minimum atomic E-state index is -4.40. The number of nitrogens with one attached hydrogen (secondary N) is 1. The largest absolute Gasteiger partial charge is 0.480 e. The number of hydrogen-bond donors (Lipinski definition) is 1. The first-order valence-corrected chi connectivity index (χ1v) is 7.93. The molecule has 3 nitrogen and oxygen atoms in total. The van der Waals surface area contributed by atoms with Crippen LogP contribution in [-0.4, -0.2) is 12.0 Å². The van der Waals surface area contributed by atoms with Crippen LogP contribution in [0.15, 0.2) is 42.5 Å². The lowest BCUT2D eigenvalue weighted by atomic mass is 10.1. The summed E-state index contributed by atoms with van der Waals surface area (Å²) in [6.45, 7) is 5.67. The number of hydrogen-bond acceptors (Lipinski definition) is 2. The van der Waals surface area contributed by atoms with E-state index in [1.165, 1.54) is 12.1 Å². The fourth-order valence-electron chi connectivity index (χ4n) is 2.29. The van der Waals surface area contributed by atoms with Gasteiger partial charge in [0, 0.05) is 5.69 Å². The normalized spacial score (nSPS) is 12.6. The molecule has 0 aromatic heterocycles. The Morgan fingerprint density at radius 2 is 1.76 bits per heavy atom. The first-order valence-electron chi connectivity index (χ1n) is 7.93. The van der Waals surface area contributed by atoms with Crippen molar-refractivity contribution in [2.24, 2.45) is 0 Å². The number of halogens is 3. The summed E-state index contributed by atoms with van der Waals surface area (Å²) in [5.41, 5.74) is 1.53. The van der Waals surface area contributed by atoms with Crippen LogP contribution in [0.3, 0.4) is 0 Å². The van der Waals surface area contributed by atoms with E-state index in [1.54, 1.807) is 6.07 Å². The van der Waals surface area contributed by atoms with Crippen molar-refractivity contribution in [3.05, 3.63) is 59.2 Å².